The van der Waals surface area contributed by atoms with E-state index >= 15 is 0 Å². The predicted molar refractivity (Wildman–Crippen MR) is 119 cm³/mol. The fourth-order valence-electron chi connectivity index (χ4n) is 3.61. The smallest absolute Gasteiger partial charge is 0.416 e. The number of halogens is 3. The van der Waals surface area contributed by atoms with Crippen LogP contribution >= 0.6 is 0 Å². The van der Waals surface area contributed by atoms with Crippen LogP contribution in [0.5, 0.6) is 5.75 Å². The minimum Gasteiger partial charge on any atom is -0.489 e. The molecule has 170 valence electrons. The molecular weight excluding hydrogens is 431 g/mol. The molecule has 0 amide bonds. The summed E-state index contributed by atoms with van der Waals surface area (Å²) in [6.07, 6.45) is -2.42. The van der Waals surface area contributed by atoms with Crippen molar-refractivity contribution in [1.82, 2.24) is 4.57 Å². The van der Waals surface area contributed by atoms with Gasteiger partial charge >= 0.3 is 12.1 Å². The molecule has 3 aromatic carbocycles. The molecule has 0 bridgehead atoms. The zero-order valence-corrected chi connectivity index (χ0v) is 17.9. The van der Waals surface area contributed by atoms with Gasteiger partial charge in [0.2, 0.25) is 0 Å². The van der Waals surface area contributed by atoms with Crippen molar-refractivity contribution in [3.63, 3.8) is 0 Å². The molecule has 0 fully saturated rings. The molecule has 0 aliphatic rings. The van der Waals surface area contributed by atoms with Gasteiger partial charge in [0.15, 0.2) is 0 Å². The maximum atomic E-state index is 12.7. The zero-order valence-electron chi connectivity index (χ0n) is 17.9. The molecule has 0 N–H and O–H groups in total. The molecule has 0 aliphatic heterocycles. The SMILES string of the molecule is CCOC(=O)c1ccccc1Cn1ccc2cc(OCc3ccc(C(F)(F)F)cc3)ccc21. The van der Waals surface area contributed by atoms with E-state index in [4.69, 9.17) is 9.47 Å². The van der Waals surface area contributed by atoms with Gasteiger partial charge in [-0.2, -0.15) is 13.2 Å². The van der Waals surface area contributed by atoms with Crippen molar-refractivity contribution in [1.29, 1.82) is 0 Å². The molecular formula is C26H22F3NO3. The molecule has 0 aliphatic carbocycles. The summed E-state index contributed by atoms with van der Waals surface area (Å²) in [7, 11) is 0. The Morgan fingerprint density at radius 3 is 2.45 bits per heavy atom. The number of ether oxygens (including phenoxy) is 2. The van der Waals surface area contributed by atoms with Crippen LogP contribution in [0.3, 0.4) is 0 Å². The first-order valence-electron chi connectivity index (χ1n) is 10.5. The normalized spacial score (nSPS) is 11.5. The van der Waals surface area contributed by atoms with Crippen LogP contribution < -0.4 is 4.74 Å². The van der Waals surface area contributed by atoms with E-state index in [1.165, 1.54) is 12.1 Å². The molecule has 0 spiro atoms. The lowest BCUT2D eigenvalue weighted by atomic mass is 10.1. The molecule has 0 saturated carbocycles. The maximum absolute atomic E-state index is 12.7. The van der Waals surface area contributed by atoms with E-state index in [0.717, 1.165) is 28.6 Å². The lowest BCUT2D eigenvalue weighted by Gasteiger charge is -2.11. The van der Waals surface area contributed by atoms with Crippen LogP contribution in [-0.2, 0) is 24.1 Å². The van der Waals surface area contributed by atoms with Crippen LogP contribution in [0.2, 0.25) is 0 Å². The molecule has 0 radical (unpaired) electrons. The van der Waals surface area contributed by atoms with E-state index < -0.39 is 11.7 Å². The van der Waals surface area contributed by atoms with Gasteiger partial charge in [-0.1, -0.05) is 30.3 Å². The Bertz CT molecular complexity index is 1260. The van der Waals surface area contributed by atoms with Gasteiger partial charge in [0.1, 0.15) is 12.4 Å². The molecule has 33 heavy (non-hydrogen) atoms. The number of carbonyl (C=O) groups excluding carboxylic acids is 1. The monoisotopic (exact) mass is 453 g/mol. The van der Waals surface area contributed by atoms with E-state index in [-0.39, 0.29) is 12.6 Å². The fourth-order valence-corrected chi connectivity index (χ4v) is 3.61. The molecule has 1 aromatic heterocycles. The van der Waals surface area contributed by atoms with Crippen LogP contribution in [0.25, 0.3) is 10.9 Å². The third kappa shape index (κ3) is 5.19. The van der Waals surface area contributed by atoms with Gasteiger partial charge in [-0.05, 0) is 60.5 Å². The number of rotatable bonds is 7. The van der Waals surface area contributed by atoms with Crippen LogP contribution in [0.15, 0.2) is 79.0 Å². The Labute approximate surface area is 189 Å². The number of nitrogens with zero attached hydrogens (tertiary/aromatic N) is 1. The number of esters is 1. The highest BCUT2D eigenvalue weighted by Gasteiger charge is 2.29. The number of benzene rings is 3. The van der Waals surface area contributed by atoms with Gasteiger partial charge in [0.05, 0.1) is 17.7 Å². The van der Waals surface area contributed by atoms with Gasteiger partial charge in [-0.15, -0.1) is 0 Å². The number of alkyl halides is 3. The Hall–Kier alpha value is -3.74. The quantitative estimate of drug-likeness (QED) is 0.301. The highest BCUT2D eigenvalue weighted by atomic mass is 19.4. The van der Waals surface area contributed by atoms with E-state index in [1.807, 2.05) is 53.2 Å². The zero-order chi connectivity index (χ0) is 23.4. The van der Waals surface area contributed by atoms with Crippen LogP contribution in [0, 0.1) is 0 Å². The van der Waals surface area contributed by atoms with Crippen molar-refractivity contribution in [2.45, 2.75) is 26.3 Å². The summed E-state index contributed by atoms with van der Waals surface area (Å²) in [6, 6.07) is 19.9. The number of hydrogen-bond acceptors (Lipinski definition) is 3. The van der Waals surface area contributed by atoms with Crippen LogP contribution in [0.1, 0.15) is 34.0 Å². The molecule has 0 unspecified atom stereocenters. The molecule has 4 aromatic rings. The first kappa shape index (κ1) is 22.5. The van der Waals surface area contributed by atoms with Crippen LogP contribution in [0.4, 0.5) is 13.2 Å². The van der Waals surface area contributed by atoms with Gasteiger partial charge in [0.25, 0.3) is 0 Å². The van der Waals surface area contributed by atoms with E-state index in [1.54, 1.807) is 13.0 Å². The second-order valence-electron chi connectivity index (χ2n) is 7.53. The maximum Gasteiger partial charge on any atom is 0.416 e. The van der Waals surface area contributed by atoms with Gasteiger partial charge in [-0.25, -0.2) is 4.79 Å². The summed E-state index contributed by atoms with van der Waals surface area (Å²) < 4.78 is 51.1. The second kappa shape index (κ2) is 9.40. The Balaban J connectivity index is 1.48. The van der Waals surface area contributed by atoms with Gasteiger partial charge in [-0.3, -0.25) is 0 Å². The van der Waals surface area contributed by atoms with Crippen molar-refractivity contribution in [2.75, 3.05) is 6.61 Å². The summed E-state index contributed by atoms with van der Waals surface area (Å²) in [5, 5.41) is 0.952. The van der Waals surface area contributed by atoms with E-state index in [2.05, 4.69) is 0 Å². The number of fused-ring (bicyclic) bond motifs is 1. The lowest BCUT2D eigenvalue weighted by Crippen LogP contribution is -2.10. The minimum atomic E-state index is -4.35. The third-order valence-corrected chi connectivity index (χ3v) is 5.28. The lowest BCUT2D eigenvalue weighted by molar-refractivity contribution is -0.137. The summed E-state index contributed by atoms with van der Waals surface area (Å²) >= 11 is 0. The first-order valence-corrected chi connectivity index (χ1v) is 10.5. The van der Waals surface area contributed by atoms with Crippen molar-refractivity contribution < 1.29 is 27.4 Å². The summed E-state index contributed by atoms with van der Waals surface area (Å²) in [4.78, 5) is 12.3. The third-order valence-electron chi connectivity index (χ3n) is 5.28. The second-order valence-corrected chi connectivity index (χ2v) is 7.53. The number of hydrogen-bond donors (Lipinski definition) is 0. The van der Waals surface area contributed by atoms with Crippen molar-refractivity contribution in [3.8, 4) is 5.75 Å². The average molecular weight is 453 g/mol. The fraction of sp³-hybridized carbons (Fsp3) is 0.192. The first-order chi connectivity index (χ1) is 15.8. The highest BCUT2D eigenvalue weighted by molar-refractivity contribution is 5.91. The standard InChI is InChI=1S/C26H22F3NO3/c1-2-32-25(31)23-6-4-3-5-20(23)16-30-14-13-19-15-22(11-12-24(19)30)33-17-18-7-9-21(10-8-18)26(27,28)29/h3-15H,2,16-17H2,1H3. The molecule has 7 heteroatoms. The van der Waals surface area contributed by atoms with Crippen molar-refractivity contribution >= 4 is 16.9 Å². The topological polar surface area (TPSA) is 40.5 Å². The van der Waals surface area contributed by atoms with Gasteiger partial charge in [0, 0.05) is 23.6 Å². The predicted octanol–water partition coefficient (Wildman–Crippen LogP) is 6.46. The largest absolute Gasteiger partial charge is 0.489 e. The Kier molecular flexibility index (Phi) is 6.40. The Morgan fingerprint density at radius 1 is 0.970 bits per heavy atom. The van der Waals surface area contributed by atoms with Gasteiger partial charge < -0.3 is 14.0 Å². The van der Waals surface area contributed by atoms with Crippen molar-refractivity contribution in [2.24, 2.45) is 0 Å². The highest BCUT2D eigenvalue weighted by Crippen LogP contribution is 2.29. The Morgan fingerprint density at radius 2 is 1.73 bits per heavy atom. The molecule has 0 atom stereocenters. The molecule has 4 rings (SSSR count). The van der Waals surface area contributed by atoms with Crippen LogP contribution in [-0.4, -0.2) is 17.1 Å². The molecule has 0 saturated heterocycles. The van der Waals surface area contributed by atoms with Crippen molar-refractivity contribution in [3.05, 3.63) is 101 Å². The molecule has 4 nitrogen and oxygen atoms in total. The van der Waals surface area contributed by atoms with E-state index in [9.17, 15) is 18.0 Å². The summed E-state index contributed by atoms with van der Waals surface area (Å²) in [6.45, 7) is 2.76. The number of carbonyl (C=O) groups is 1. The summed E-state index contributed by atoms with van der Waals surface area (Å²) in [5.41, 5.74) is 2.33. The molecule has 1 heterocycles. The minimum absolute atomic E-state index is 0.164. The number of aromatic nitrogens is 1. The average Bonchev–Trinajstić information content (AvgIpc) is 3.20. The summed E-state index contributed by atoms with van der Waals surface area (Å²) in [5.74, 6) is 0.274. The van der Waals surface area contributed by atoms with E-state index in [0.29, 0.717) is 30.0 Å².